The zero-order valence-electron chi connectivity index (χ0n) is 15.7. The van der Waals surface area contributed by atoms with Gasteiger partial charge in [-0.1, -0.05) is 18.9 Å². The van der Waals surface area contributed by atoms with Crippen molar-refractivity contribution < 1.29 is 33.0 Å². The molecule has 28 heavy (non-hydrogen) atoms. The second-order valence-corrected chi connectivity index (χ2v) is 6.97. The van der Waals surface area contributed by atoms with Crippen LogP contribution >= 0.6 is 0 Å². The van der Waals surface area contributed by atoms with Crippen LogP contribution in [0, 0.1) is 0 Å². The first-order valence-electron chi connectivity index (χ1n) is 9.36. The Labute approximate surface area is 162 Å². The molecule has 1 aliphatic carbocycles. The SMILES string of the molecule is COC(=O)c1ccoc1COC(=O)C1(c2ccc3c(c2)OCCO3)CCCC1. The van der Waals surface area contributed by atoms with Crippen molar-refractivity contribution in [2.45, 2.75) is 37.7 Å². The van der Waals surface area contributed by atoms with Crippen LogP contribution in [0.4, 0.5) is 0 Å². The number of methoxy groups -OCH3 is 1. The average molecular weight is 386 g/mol. The summed E-state index contributed by atoms with van der Waals surface area (Å²) in [5, 5.41) is 0. The molecule has 2 heterocycles. The molecule has 0 atom stereocenters. The fourth-order valence-corrected chi connectivity index (χ4v) is 3.94. The molecule has 1 aromatic heterocycles. The van der Waals surface area contributed by atoms with Gasteiger partial charge in [0.1, 0.15) is 25.4 Å². The molecule has 4 rings (SSSR count). The molecule has 0 unspecified atom stereocenters. The van der Waals surface area contributed by atoms with Gasteiger partial charge in [0.2, 0.25) is 0 Å². The molecular formula is C21H22O7. The first-order valence-corrected chi connectivity index (χ1v) is 9.36. The zero-order chi connectivity index (χ0) is 19.6. The predicted octanol–water partition coefficient (Wildman–Crippen LogP) is 3.39. The van der Waals surface area contributed by atoms with Gasteiger partial charge in [-0.15, -0.1) is 0 Å². The molecule has 1 aliphatic heterocycles. The summed E-state index contributed by atoms with van der Waals surface area (Å²) >= 11 is 0. The van der Waals surface area contributed by atoms with Gasteiger partial charge in [0.15, 0.2) is 17.3 Å². The van der Waals surface area contributed by atoms with Crippen molar-refractivity contribution in [3.63, 3.8) is 0 Å². The lowest BCUT2D eigenvalue weighted by molar-refractivity contribution is -0.152. The number of fused-ring (bicyclic) bond motifs is 1. The molecule has 7 heteroatoms. The third-order valence-electron chi connectivity index (χ3n) is 5.43. The number of carbonyl (C=O) groups excluding carboxylic acids is 2. The average Bonchev–Trinajstić information content (AvgIpc) is 3.41. The monoisotopic (exact) mass is 386 g/mol. The van der Waals surface area contributed by atoms with Crippen LogP contribution in [0.5, 0.6) is 11.5 Å². The highest BCUT2D eigenvalue weighted by molar-refractivity contribution is 5.90. The maximum absolute atomic E-state index is 13.1. The summed E-state index contributed by atoms with van der Waals surface area (Å²) in [6.07, 6.45) is 4.66. The molecule has 2 aliphatic rings. The van der Waals surface area contributed by atoms with Gasteiger partial charge < -0.3 is 23.4 Å². The van der Waals surface area contributed by atoms with E-state index in [2.05, 4.69) is 0 Å². The Kier molecular flexibility index (Phi) is 4.98. The summed E-state index contributed by atoms with van der Waals surface area (Å²) < 4.78 is 26.9. The Bertz CT molecular complexity index is 877. The third kappa shape index (κ3) is 3.21. The van der Waals surface area contributed by atoms with Crippen molar-refractivity contribution in [2.24, 2.45) is 0 Å². The van der Waals surface area contributed by atoms with Crippen molar-refractivity contribution in [3.8, 4) is 11.5 Å². The molecule has 0 radical (unpaired) electrons. The standard InChI is InChI=1S/C21H22O7/c1-24-19(22)15-6-9-25-18(15)13-28-20(23)21(7-2-3-8-21)14-4-5-16-17(12-14)27-11-10-26-16/h4-6,9,12H,2-3,7-8,10-11,13H2,1H3. The van der Waals surface area contributed by atoms with E-state index in [9.17, 15) is 9.59 Å². The van der Waals surface area contributed by atoms with Gasteiger partial charge in [0.25, 0.3) is 0 Å². The van der Waals surface area contributed by atoms with Gasteiger partial charge in [-0.05, 0) is 36.6 Å². The molecule has 1 saturated carbocycles. The van der Waals surface area contributed by atoms with Crippen molar-refractivity contribution in [1.29, 1.82) is 0 Å². The molecule has 0 spiro atoms. The first kappa shape index (κ1) is 18.4. The molecule has 0 amide bonds. The molecule has 0 N–H and O–H groups in total. The van der Waals surface area contributed by atoms with E-state index >= 15 is 0 Å². The first-order chi connectivity index (χ1) is 13.6. The molecule has 0 saturated heterocycles. The molecule has 0 bridgehead atoms. The van der Waals surface area contributed by atoms with Gasteiger partial charge in [-0.3, -0.25) is 4.79 Å². The van der Waals surface area contributed by atoms with Crippen LogP contribution in [0.25, 0.3) is 0 Å². The number of hydrogen-bond donors (Lipinski definition) is 0. The maximum Gasteiger partial charge on any atom is 0.341 e. The smallest absolute Gasteiger partial charge is 0.341 e. The fraction of sp³-hybridized carbons (Fsp3) is 0.429. The lowest BCUT2D eigenvalue weighted by Crippen LogP contribution is -2.35. The third-order valence-corrected chi connectivity index (χ3v) is 5.43. The fourth-order valence-electron chi connectivity index (χ4n) is 3.94. The van der Waals surface area contributed by atoms with E-state index in [0.717, 1.165) is 18.4 Å². The number of esters is 2. The van der Waals surface area contributed by atoms with Crippen LogP contribution in [-0.4, -0.2) is 32.3 Å². The number of benzene rings is 1. The van der Waals surface area contributed by atoms with Crippen LogP contribution < -0.4 is 9.47 Å². The number of furan rings is 1. The Morgan fingerprint density at radius 3 is 2.57 bits per heavy atom. The highest BCUT2D eigenvalue weighted by Gasteiger charge is 2.45. The molecule has 1 fully saturated rings. The number of carbonyl (C=O) groups is 2. The van der Waals surface area contributed by atoms with Crippen LogP contribution in [0.3, 0.4) is 0 Å². The summed E-state index contributed by atoms with van der Waals surface area (Å²) in [5.41, 5.74) is 0.399. The topological polar surface area (TPSA) is 84.2 Å². The van der Waals surface area contributed by atoms with Gasteiger partial charge in [-0.25, -0.2) is 4.79 Å². The van der Waals surface area contributed by atoms with Gasteiger partial charge >= 0.3 is 11.9 Å². The molecular weight excluding hydrogens is 364 g/mol. The van der Waals surface area contributed by atoms with E-state index in [4.69, 9.17) is 23.4 Å². The minimum absolute atomic E-state index is 0.122. The Morgan fingerprint density at radius 1 is 1.07 bits per heavy atom. The van der Waals surface area contributed by atoms with Crippen molar-refractivity contribution in [3.05, 3.63) is 47.4 Å². The highest BCUT2D eigenvalue weighted by Crippen LogP contribution is 2.45. The van der Waals surface area contributed by atoms with E-state index in [-0.39, 0.29) is 23.9 Å². The van der Waals surface area contributed by atoms with Crippen molar-refractivity contribution in [2.75, 3.05) is 20.3 Å². The zero-order valence-corrected chi connectivity index (χ0v) is 15.7. The Morgan fingerprint density at radius 2 is 1.82 bits per heavy atom. The van der Waals surface area contributed by atoms with E-state index in [0.29, 0.717) is 37.6 Å². The largest absolute Gasteiger partial charge is 0.486 e. The normalized spacial score (nSPS) is 17.2. The Hall–Kier alpha value is -2.96. The summed E-state index contributed by atoms with van der Waals surface area (Å²) in [7, 11) is 1.29. The molecule has 1 aromatic carbocycles. The summed E-state index contributed by atoms with van der Waals surface area (Å²) in [5.74, 6) is 0.767. The van der Waals surface area contributed by atoms with Crippen molar-refractivity contribution >= 4 is 11.9 Å². The van der Waals surface area contributed by atoms with Crippen LogP contribution in [0.2, 0.25) is 0 Å². The number of ether oxygens (including phenoxy) is 4. The lowest BCUT2D eigenvalue weighted by Gasteiger charge is -2.28. The molecule has 7 nitrogen and oxygen atoms in total. The van der Waals surface area contributed by atoms with E-state index in [1.54, 1.807) is 0 Å². The predicted molar refractivity (Wildman–Crippen MR) is 97.4 cm³/mol. The van der Waals surface area contributed by atoms with Crippen LogP contribution in [0.1, 0.15) is 47.4 Å². The quantitative estimate of drug-likeness (QED) is 0.728. The number of rotatable bonds is 5. The summed E-state index contributed by atoms with van der Waals surface area (Å²) in [6.45, 7) is 0.885. The minimum atomic E-state index is -0.728. The van der Waals surface area contributed by atoms with Crippen LogP contribution in [-0.2, 0) is 26.3 Å². The van der Waals surface area contributed by atoms with Crippen molar-refractivity contribution in [1.82, 2.24) is 0 Å². The summed E-state index contributed by atoms with van der Waals surface area (Å²) in [6, 6.07) is 7.14. The minimum Gasteiger partial charge on any atom is -0.486 e. The van der Waals surface area contributed by atoms with Gasteiger partial charge in [-0.2, -0.15) is 0 Å². The molecule has 148 valence electrons. The van der Waals surface area contributed by atoms with Crippen LogP contribution in [0.15, 0.2) is 34.9 Å². The van der Waals surface area contributed by atoms with Gasteiger partial charge in [0.05, 0.1) is 18.8 Å². The maximum atomic E-state index is 13.1. The second kappa shape index (κ2) is 7.58. The van der Waals surface area contributed by atoms with E-state index in [1.807, 2.05) is 18.2 Å². The summed E-state index contributed by atoms with van der Waals surface area (Å²) in [4.78, 5) is 24.9. The number of hydrogen-bond acceptors (Lipinski definition) is 7. The Balaban J connectivity index is 1.55. The second-order valence-electron chi connectivity index (χ2n) is 6.97. The van der Waals surface area contributed by atoms with Gasteiger partial charge in [0, 0.05) is 0 Å². The lowest BCUT2D eigenvalue weighted by atomic mass is 9.78. The van der Waals surface area contributed by atoms with E-state index in [1.165, 1.54) is 19.4 Å². The molecule has 2 aromatic rings. The van der Waals surface area contributed by atoms with E-state index < -0.39 is 11.4 Å². The highest BCUT2D eigenvalue weighted by atomic mass is 16.6.